The molecule has 2 aromatic heterocycles. The largest absolute Gasteiger partial charge is 0.170 e. The van der Waals surface area contributed by atoms with Crippen LogP contribution >= 0.6 is 35.3 Å². The van der Waals surface area contributed by atoms with Gasteiger partial charge in [0, 0.05) is 15.0 Å². The fourth-order valence-electron chi connectivity index (χ4n) is 1.20. The molecule has 0 aliphatic carbocycles. The van der Waals surface area contributed by atoms with Gasteiger partial charge in [0.1, 0.15) is 0 Å². The molecule has 0 aromatic carbocycles. The average molecular weight is 226 g/mol. The maximum absolute atomic E-state index is 4.59. The van der Waals surface area contributed by atoms with Gasteiger partial charge in [-0.15, -0.1) is 22.7 Å². The molecule has 0 fully saturated rings. The predicted octanol–water partition coefficient (Wildman–Crippen LogP) is 4.02. The highest BCUT2D eigenvalue weighted by Gasteiger charge is 2.08. The van der Waals surface area contributed by atoms with Gasteiger partial charge in [0.15, 0.2) is 0 Å². The van der Waals surface area contributed by atoms with Gasteiger partial charge in [-0.2, -0.15) is 12.6 Å². The predicted molar refractivity (Wildman–Crippen MR) is 64.1 cm³/mol. The molecule has 3 heteroatoms. The average Bonchev–Trinajstić information content (AvgIpc) is 2.74. The Bertz CT molecular complexity index is 334. The molecule has 2 rings (SSSR count). The van der Waals surface area contributed by atoms with Gasteiger partial charge in [-0.1, -0.05) is 12.1 Å². The van der Waals surface area contributed by atoms with Crippen LogP contribution in [0.5, 0.6) is 0 Å². The topological polar surface area (TPSA) is 0 Å². The summed E-state index contributed by atoms with van der Waals surface area (Å²) in [5.41, 5.74) is 0. The lowest BCUT2D eigenvalue weighted by molar-refractivity contribution is 0.982. The summed E-state index contributed by atoms with van der Waals surface area (Å²) in [6.45, 7) is 0. The van der Waals surface area contributed by atoms with Gasteiger partial charge < -0.3 is 0 Å². The molecule has 2 aromatic rings. The van der Waals surface area contributed by atoms with Gasteiger partial charge in [-0.3, -0.25) is 0 Å². The molecular formula is C10H10S3. The van der Waals surface area contributed by atoms with Crippen molar-refractivity contribution in [1.29, 1.82) is 0 Å². The standard InChI is InChI=1S/C10H10S3/c11-9(10-4-2-6-13-10)7-8-3-1-5-12-8/h1-6,9,11H,7H2. The summed E-state index contributed by atoms with van der Waals surface area (Å²) in [4.78, 5) is 2.77. The molecule has 0 radical (unpaired) electrons. The Kier molecular flexibility index (Phi) is 3.09. The molecule has 1 atom stereocenters. The Morgan fingerprint density at radius 3 is 2.54 bits per heavy atom. The molecule has 0 saturated carbocycles. The van der Waals surface area contributed by atoms with Crippen molar-refractivity contribution in [1.82, 2.24) is 0 Å². The fourth-order valence-corrected chi connectivity index (χ4v) is 3.25. The Morgan fingerprint density at radius 2 is 1.92 bits per heavy atom. The molecule has 0 N–H and O–H groups in total. The molecule has 0 aliphatic heterocycles. The van der Waals surface area contributed by atoms with Gasteiger partial charge in [0.05, 0.1) is 0 Å². The third-order valence-electron chi connectivity index (χ3n) is 1.85. The van der Waals surface area contributed by atoms with Crippen molar-refractivity contribution in [2.75, 3.05) is 0 Å². The summed E-state index contributed by atoms with van der Waals surface area (Å²) in [6.07, 6.45) is 1.04. The first-order valence-corrected chi connectivity index (χ1v) is 6.37. The van der Waals surface area contributed by atoms with E-state index < -0.39 is 0 Å². The van der Waals surface area contributed by atoms with Crippen LogP contribution in [0.4, 0.5) is 0 Å². The van der Waals surface area contributed by atoms with Crippen molar-refractivity contribution in [2.24, 2.45) is 0 Å². The monoisotopic (exact) mass is 226 g/mol. The number of thiophene rings is 2. The fraction of sp³-hybridized carbons (Fsp3) is 0.200. The van der Waals surface area contributed by atoms with E-state index >= 15 is 0 Å². The minimum Gasteiger partial charge on any atom is -0.170 e. The van der Waals surface area contributed by atoms with Gasteiger partial charge >= 0.3 is 0 Å². The lowest BCUT2D eigenvalue weighted by Crippen LogP contribution is -1.90. The van der Waals surface area contributed by atoms with Crippen LogP contribution in [-0.4, -0.2) is 0 Å². The van der Waals surface area contributed by atoms with E-state index in [1.54, 1.807) is 22.7 Å². The minimum atomic E-state index is 0.360. The van der Waals surface area contributed by atoms with Crippen molar-refractivity contribution in [2.45, 2.75) is 11.7 Å². The van der Waals surface area contributed by atoms with E-state index in [1.807, 2.05) is 0 Å². The third kappa shape index (κ3) is 2.36. The molecule has 0 spiro atoms. The number of hydrogen-bond acceptors (Lipinski definition) is 3. The highest BCUT2D eigenvalue weighted by molar-refractivity contribution is 7.80. The molecule has 0 bridgehead atoms. The van der Waals surface area contributed by atoms with Crippen molar-refractivity contribution in [3.8, 4) is 0 Å². The molecule has 2 heterocycles. The minimum absolute atomic E-state index is 0.360. The molecular weight excluding hydrogens is 216 g/mol. The van der Waals surface area contributed by atoms with Crippen LogP contribution in [0.3, 0.4) is 0 Å². The van der Waals surface area contributed by atoms with Crippen LogP contribution in [0.15, 0.2) is 35.0 Å². The smallest absolute Gasteiger partial charge is 0.0409 e. The summed E-state index contributed by atoms with van der Waals surface area (Å²) >= 11 is 8.17. The van der Waals surface area contributed by atoms with E-state index in [2.05, 4.69) is 47.7 Å². The summed E-state index contributed by atoms with van der Waals surface area (Å²) in [5.74, 6) is 0. The van der Waals surface area contributed by atoms with Crippen molar-refractivity contribution in [3.05, 3.63) is 44.8 Å². The molecule has 13 heavy (non-hydrogen) atoms. The normalized spacial score (nSPS) is 13.0. The Morgan fingerprint density at radius 1 is 1.15 bits per heavy atom. The van der Waals surface area contributed by atoms with Crippen LogP contribution in [0.25, 0.3) is 0 Å². The van der Waals surface area contributed by atoms with Gasteiger partial charge in [-0.25, -0.2) is 0 Å². The lowest BCUT2D eigenvalue weighted by Gasteiger charge is -2.05. The van der Waals surface area contributed by atoms with E-state index in [9.17, 15) is 0 Å². The molecule has 0 nitrogen and oxygen atoms in total. The van der Waals surface area contributed by atoms with Crippen LogP contribution < -0.4 is 0 Å². The van der Waals surface area contributed by atoms with E-state index in [-0.39, 0.29) is 0 Å². The van der Waals surface area contributed by atoms with Crippen LogP contribution in [-0.2, 0) is 6.42 Å². The van der Waals surface area contributed by atoms with Crippen LogP contribution in [0.1, 0.15) is 15.0 Å². The second-order valence-electron chi connectivity index (χ2n) is 2.81. The zero-order chi connectivity index (χ0) is 9.10. The Hall–Kier alpha value is -0.250. The zero-order valence-corrected chi connectivity index (χ0v) is 9.54. The summed E-state index contributed by atoms with van der Waals surface area (Å²) in [7, 11) is 0. The molecule has 1 unspecified atom stereocenters. The first kappa shape index (κ1) is 9.31. The summed E-state index contributed by atoms with van der Waals surface area (Å²) in [6, 6.07) is 8.49. The van der Waals surface area contributed by atoms with E-state index in [0.29, 0.717) is 5.25 Å². The number of thiol groups is 1. The highest BCUT2D eigenvalue weighted by Crippen LogP contribution is 2.29. The highest BCUT2D eigenvalue weighted by atomic mass is 32.1. The molecule has 0 amide bonds. The Balaban J connectivity index is 2.04. The SMILES string of the molecule is SC(Cc1cccs1)c1cccs1. The number of rotatable bonds is 3. The van der Waals surface area contributed by atoms with Gasteiger partial charge in [-0.05, 0) is 29.3 Å². The lowest BCUT2D eigenvalue weighted by atomic mass is 10.2. The second kappa shape index (κ2) is 4.31. The van der Waals surface area contributed by atoms with Gasteiger partial charge in [0.2, 0.25) is 0 Å². The van der Waals surface area contributed by atoms with Crippen molar-refractivity contribution >= 4 is 35.3 Å². The third-order valence-corrected chi connectivity index (χ3v) is 4.37. The van der Waals surface area contributed by atoms with Crippen molar-refractivity contribution in [3.63, 3.8) is 0 Å². The first-order valence-electron chi connectivity index (χ1n) is 4.10. The van der Waals surface area contributed by atoms with Crippen LogP contribution in [0, 0.1) is 0 Å². The maximum Gasteiger partial charge on any atom is 0.0409 e. The van der Waals surface area contributed by atoms with E-state index in [0.717, 1.165) is 6.42 Å². The second-order valence-corrected chi connectivity index (χ2v) is 5.45. The van der Waals surface area contributed by atoms with Crippen LogP contribution in [0.2, 0.25) is 0 Å². The summed E-state index contributed by atoms with van der Waals surface area (Å²) < 4.78 is 0. The Labute approximate surface area is 91.7 Å². The molecule has 0 saturated heterocycles. The van der Waals surface area contributed by atoms with Gasteiger partial charge in [0.25, 0.3) is 0 Å². The number of hydrogen-bond donors (Lipinski definition) is 1. The van der Waals surface area contributed by atoms with Crippen molar-refractivity contribution < 1.29 is 0 Å². The maximum atomic E-state index is 4.59. The zero-order valence-electron chi connectivity index (χ0n) is 7.01. The van der Waals surface area contributed by atoms with E-state index in [1.165, 1.54) is 9.75 Å². The first-order chi connectivity index (χ1) is 6.36. The molecule has 0 aliphatic rings. The quantitative estimate of drug-likeness (QED) is 0.751. The van der Waals surface area contributed by atoms with E-state index in [4.69, 9.17) is 0 Å². The molecule has 68 valence electrons. The summed E-state index contributed by atoms with van der Waals surface area (Å²) in [5, 5.41) is 4.58.